The Kier molecular flexibility index (Phi) is 4.30. The predicted molar refractivity (Wildman–Crippen MR) is 74.6 cm³/mol. The van der Waals surface area contributed by atoms with Crippen molar-refractivity contribution in [1.29, 1.82) is 0 Å². The Morgan fingerprint density at radius 3 is 2.37 bits per heavy atom. The molecule has 19 heavy (non-hydrogen) atoms. The second-order valence-electron chi connectivity index (χ2n) is 4.27. The van der Waals surface area contributed by atoms with E-state index < -0.39 is 15.0 Å². The molecule has 1 aromatic carbocycles. The Bertz CT molecular complexity index is 626. The van der Waals surface area contributed by atoms with E-state index >= 15 is 0 Å². The Labute approximate surface area is 125 Å². The summed E-state index contributed by atoms with van der Waals surface area (Å²) >= 11 is 11.8. The van der Waals surface area contributed by atoms with Gasteiger partial charge in [-0.15, -0.1) is 0 Å². The Hall–Kier alpha value is -0.490. The highest BCUT2D eigenvalue weighted by Gasteiger charge is 2.26. The molecule has 1 aliphatic carbocycles. The van der Waals surface area contributed by atoms with Gasteiger partial charge >= 0.3 is 0 Å². The molecule has 0 unspecified atom stereocenters. The minimum absolute atomic E-state index is 0.0584. The van der Waals surface area contributed by atoms with Crippen molar-refractivity contribution < 1.29 is 13.2 Å². The summed E-state index contributed by atoms with van der Waals surface area (Å²) in [5.41, 5.74) is -0.0584. The van der Waals surface area contributed by atoms with Gasteiger partial charge in [0.15, 0.2) is 0 Å². The van der Waals surface area contributed by atoms with Crippen LogP contribution in [-0.4, -0.2) is 20.4 Å². The first-order chi connectivity index (χ1) is 8.80. The molecule has 0 radical (unpaired) electrons. The first kappa shape index (κ1) is 14.9. The maximum Gasteiger partial charge on any atom is 0.262 e. The molecule has 0 aliphatic heterocycles. The molecular formula is C11H10Cl3NO3S. The monoisotopic (exact) mass is 341 g/mol. The fourth-order valence-corrected chi connectivity index (χ4v) is 3.64. The Balaban J connectivity index is 2.41. The molecule has 0 heterocycles. The lowest BCUT2D eigenvalue weighted by atomic mass is 9.93. The normalized spacial score (nSPS) is 15.9. The molecule has 104 valence electrons. The molecule has 4 nitrogen and oxygen atoms in total. The van der Waals surface area contributed by atoms with Crippen LogP contribution in [0.2, 0.25) is 10.0 Å². The van der Waals surface area contributed by atoms with Gasteiger partial charge < -0.3 is 5.32 Å². The van der Waals surface area contributed by atoms with Crippen molar-refractivity contribution >= 4 is 48.8 Å². The number of carbonyl (C=O) groups is 1. The van der Waals surface area contributed by atoms with Crippen LogP contribution in [0, 0.1) is 0 Å². The molecule has 0 spiro atoms. The van der Waals surface area contributed by atoms with E-state index in [0.29, 0.717) is 0 Å². The fourth-order valence-electron chi connectivity index (χ4n) is 1.74. The predicted octanol–water partition coefficient (Wildman–Crippen LogP) is 3.20. The SMILES string of the molecule is O=C(NC1CCC1)c1c(Cl)ccc(S(=O)(=O)Cl)c1Cl. The van der Waals surface area contributed by atoms with E-state index in [1.807, 2.05) is 0 Å². The molecule has 1 saturated carbocycles. The van der Waals surface area contributed by atoms with Gasteiger partial charge in [0.2, 0.25) is 0 Å². The Morgan fingerprint density at radius 1 is 1.26 bits per heavy atom. The van der Waals surface area contributed by atoms with Crippen molar-refractivity contribution in [1.82, 2.24) is 5.32 Å². The molecule has 1 fully saturated rings. The molecule has 1 N–H and O–H groups in total. The van der Waals surface area contributed by atoms with Crippen molar-refractivity contribution in [2.24, 2.45) is 0 Å². The second kappa shape index (κ2) is 5.48. The zero-order valence-electron chi connectivity index (χ0n) is 9.62. The van der Waals surface area contributed by atoms with Crippen molar-refractivity contribution in [2.75, 3.05) is 0 Å². The lowest BCUT2D eigenvalue weighted by Crippen LogP contribution is -2.39. The van der Waals surface area contributed by atoms with Gasteiger partial charge in [-0.1, -0.05) is 23.2 Å². The third-order valence-electron chi connectivity index (χ3n) is 2.99. The molecule has 2 rings (SSSR count). The molecule has 0 atom stereocenters. The summed E-state index contributed by atoms with van der Waals surface area (Å²) in [7, 11) is 1.23. The van der Waals surface area contributed by atoms with Gasteiger partial charge in [-0.05, 0) is 31.4 Å². The van der Waals surface area contributed by atoms with Crippen LogP contribution in [-0.2, 0) is 9.05 Å². The van der Waals surface area contributed by atoms with E-state index in [1.54, 1.807) is 0 Å². The molecule has 0 saturated heterocycles. The van der Waals surface area contributed by atoms with Gasteiger partial charge in [0.05, 0.1) is 15.6 Å². The highest BCUT2D eigenvalue weighted by molar-refractivity contribution is 8.13. The number of hydrogen-bond acceptors (Lipinski definition) is 3. The largest absolute Gasteiger partial charge is 0.349 e. The number of nitrogens with one attached hydrogen (secondary N) is 1. The zero-order chi connectivity index (χ0) is 14.2. The first-order valence-electron chi connectivity index (χ1n) is 5.54. The van der Waals surface area contributed by atoms with E-state index in [-0.39, 0.29) is 26.5 Å². The highest BCUT2D eigenvalue weighted by Crippen LogP contribution is 2.33. The summed E-state index contributed by atoms with van der Waals surface area (Å²) in [5, 5.41) is 2.59. The van der Waals surface area contributed by atoms with Gasteiger partial charge in [-0.25, -0.2) is 8.42 Å². The third kappa shape index (κ3) is 3.16. The standard InChI is InChI=1S/C11H10Cl3NO3S/c12-7-4-5-8(19(14,17)18)10(13)9(7)11(16)15-6-2-1-3-6/h4-6H,1-3H2,(H,15,16). The van der Waals surface area contributed by atoms with Crippen molar-refractivity contribution in [3.8, 4) is 0 Å². The summed E-state index contributed by atoms with van der Waals surface area (Å²) in [6.07, 6.45) is 2.85. The molecule has 8 heteroatoms. The lowest BCUT2D eigenvalue weighted by molar-refractivity contribution is 0.0917. The maximum absolute atomic E-state index is 12.1. The summed E-state index contributed by atoms with van der Waals surface area (Å²) in [5.74, 6) is -0.484. The van der Waals surface area contributed by atoms with Gasteiger partial charge in [0.25, 0.3) is 15.0 Å². The first-order valence-corrected chi connectivity index (χ1v) is 8.60. The van der Waals surface area contributed by atoms with E-state index in [9.17, 15) is 13.2 Å². The van der Waals surface area contributed by atoms with Crippen LogP contribution in [0.1, 0.15) is 29.6 Å². The minimum Gasteiger partial charge on any atom is -0.349 e. The smallest absolute Gasteiger partial charge is 0.262 e. The quantitative estimate of drug-likeness (QED) is 0.858. The third-order valence-corrected chi connectivity index (χ3v) is 5.17. The lowest BCUT2D eigenvalue weighted by Gasteiger charge is -2.26. The average Bonchev–Trinajstić information content (AvgIpc) is 2.21. The molecular weight excluding hydrogens is 333 g/mol. The average molecular weight is 343 g/mol. The van der Waals surface area contributed by atoms with Crippen LogP contribution < -0.4 is 5.32 Å². The summed E-state index contributed by atoms with van der Waals surface area (Å²) < 4.78 is 22.7. The van der Waals surface area contributed by atoms with Crippen LogP contribution in [0.15, 0.2) is 17.0 Å². The summed E-state index contributed by atoms with van der Waals surface area (Å²) in [6, 6.07) is 2.56. The zero-order valence-corrected chi connectivity index (χ0v) is 12.7. The Morgan fingerprint density at radius 2 is 1.89 bits per heavy atom. The van der Waals surface area contributed by atoms with E-state index in [4.69, 9.17) is 33.9 Å². The number of amides is 1. The van der Waals surface area contributed by atoms with Crippen molar-refractivity contribution in [3.63, 3.8) is 0 Å². The van der Waals surface area contributed by atoms with Crippen LogP contribution >= 0.6 is 33.9 Å². The second-order valence-corrected chi connectivity index (χ2v) is 7.59. The van der Waals surface area contributed by atoms with Gasteiger partial charge in [-0.2, -0.15) is 0 Å². The van der Waals surface area contributed by atoms with Crippen molar-refractivity contribution in [3.05, 3.63) is 27.7 Å². The number of carbonyl (C=O) groups excluding carboxylic acids is 1. The van der Waals surface area contributed by atoms with Crippen molar-refractivity contribution in [2.45, 2.75) is 30.2 Å². The molecule has 1 amide bonds. The van der Waals surface area contributed by atoms with Gasteiger partial charge in [-0.3, -0.25) is 4.79 Å². The van der Waals surface area contributed by atoms with E-state index in [0.717, 1.165) is 19.3 Å². The van der Waals surface area contributed by atoms with Crippen LogP contribution in [0.5, 0.6) is 0 Å². The van der Waals surface area contributed by atoms with E-state index in [2.05, 4.69) is 5.32 Å². The molecule has 1 aromatic rings. The fraction of sp³-hybridized carbons (Fsp3) is 0.364. The number of hydrogen-bond donors (Lipinski definition) is 1. The van der Waals surface area contributed by atoms with Crippen LogP contribution in [0.3, 0.4) is 0 Å². The number of halogens is 3. The molecule has 0 bridgehead atoms. The van der Waals surface area contributed by atoms with Gasteiger partial charge in [0.1, 0.15) is 4.90 Å². The van der Waals surface area contributed by atoms with Crippen LogP contribution in [0.25, 0.3) is 0 Å². The van der Waals surface area contributed by atoms with Gasteiger partial charge in [0, 0.05) is 16.7 Å². The summed E-state index contributed by atoms with van der Waals surface area (Å²) in [4.78, 5) is 11.7. The maximum atomic E-state index is 12.1. The number of rotatable bonds is 3. The topological polar surface area (TPSA) is 63.2 Å². The molecule has 1 aliphatic rings. The van der Waals surface area contributed by atoms with E-state index in [1.165, 1.54) is 12.1 Å². The molecule has 0 aromatic heterocycles. The minimum atomic E-state index is -4.02. The number of benzene rings is 1. The summed E-state index contributed by atoms with van der Waals surface area (Å²) in [6.45, 7) is 0. The van der Waals surface area contributed by atoms with Crippen LogP contribution in [0.4, 0.5) is 0 Å². The highest BCUT2D eigenvalue weighted by atomic mass is 35.7.